The first-order valence-corrected chi connectivity index (χ1v) is 13.1. The van der Waals surface area contributed by atoms with E-state index in [9.17, 15) is 9.59 Å². The number of unbranched alkanes of at least 4 members (excludes halogenated alkanes) is 1. The van der Waals surface area contributed by atoms with Crippen LogP contribution in [0.25, 0.3) is 10.9 Å². The Bertz CT molecular complexity index is 1150. The molecule has 5 heteroatoms. The molecule has 35 heavy (non-hydrogen) atoms. The van der Waals surface area contributed by atoms with Crippen LogP contribution in [0, 0.1) is 0 Å². The minimum atomic E-state index is -0.303. The third-order valence-electron chi connectivity index (χ3n) is 7.33. The monoisotopic (exact) mass is 474 g/mol. The summed E-state index contributed by atoms with van der Waals surface area (Å²) in [5.41, 5.74) is 5.05. The average Bonchev–Trinajstić information content (AvgIpc) is 3.26. The first-order valence-electron chi connectivity index (χ1n) is 13.1. The number of carbonyl (C=O) groups excluding carboxylic acids is 2. The van der Waals surface area contributed by atoms with Gasteiger partial charge in [-0.15, -0.1) is 0 Å². The molecule has 0 unspecified atom stereocenters. The van der Waals surface area contributed by atoms with Gasteiger partial charge in [0.2, 0.25) is 0 Å². The SMILES string of the molecule is COC(=O)c1ccc2c(C3CCCCC3)cn(CCCCNC(=O)c3ccc(C(C)C)cc3)c2c1. The van der Waals surface area contributed by atoms with E-state index in [0.29, 0.717) is 29.5 Å². The number of hydrogen-bond acceptors (Lipinski definition) is 3. The van der Waals surface area contributed by atoms with Gasteiger partial charge in [0.1, 0.15) is 0 Å². The van der Waals surface area contributed by atoms with Crippen molar-refractivity contribution in [2.45, 2.75) is 77.2 Å². The number of amides is 1. The van der Waals surface area contributed by atoms with E-state index in [2.05, 4.69) is 36.0 Å². The molecule has 4 rings (SSSR count). The van der Waals surface area contributed by atoms with Gasteiger partial charge in [-0.2, -0.15) is 0 Å². The number of nitrogens with zero attached hydrogens (tertiary/aromatic N) is 1. The highest BCUT2D eigenvalue weighted by molar-refractivity contribution is 5.96. The van der Waals surface area contributed by atoms with Gasteiger partial charge in [0.15, 0.2) is 0 Å². The number of aryl methyl sites for hydroxylation is 1. The minimum Gasteiger partial charge on any atom is -0.465 e. The molecule has 0 radical (unpaired) electrons. The largest absolute Gasteiger partial charge is 0.465 e. The second-order valence-corrected chi connectivity index (χ2v) is 10.1. The highest BCUT2D eigenvalue weighted by Crippen LogP contribution is 2.37. The van der Waals surface area contributed by atoms with E-state index in [1.54, 1.807) is 0 Å². The maximum Gasteiger partial charge on any atom is 0.337 e. The van der Waals surface area contributed by atoms with Crippen molar-refractivity contribution in [1.82, 2.24) is 9.88 Å². The van der Waals surface area contributed by atoms with Crippen molar-refractivity contribution < 1.29 is 14.3 Å². The van der Waals surface area contributed by atoms with Crippen LogP contribution in [0.4, 0.5) is 0 Å². The van der Waals surface area contributed by atoms with Crippen LogP contribution in [0.2, 0.25) is 0 Å². The van der Waals surface area contributed by atoms with E-state index in [4.69, 9.17) is 4.74 Å². The molecule has 2 aromatic carbocycles. The van der Waals surface area contributed by atoms with Gasteiger partial charge in [-0.05, 0) is 72.9 Å². The summed E-state index contributed by atoms with van der Waals surface area (Å²) < 4.78 is 7.24. The highest BCUT2D eigenvalue weighted by Gasteiger charge is 2.21. The number of esters is 1. The first kappa shape index (κ1) is 25.0. The average molecular weight is 475 g/mol. The quantitative estimate of drug-likeness (QED) is 0.274. The second-order valence-electron chi connectivity index (χ2n) is 10.1. The molecule has 1 fully saturated rings. The zero-order chi connectivity index (χ0) is 24.8. The van der Waals surface area contributed by atoms with E-state index < -0.39 is 0 Å². The lowest BCUT2D eigenvalue weighted by Gasteiger charge is -2.21. The molecule has 3 aromatic rings. The van der Waals surface area contributed by atoms with E-state index in [0.717, 1.165) is 24.9 Å². The maximum atomic E-state index is 12.5. The molecule has 1 N–H and O–H groups in total. The van der Waals surface area contributed by atoms with Gasteiger partial charge in [-0.3, -0.25) is 4.79 Å². The number of methoxy groups -OCH3 is 1. The first-order chi connectivity index (χ1) is 17.0. The van der Waals surface area contributed by atoms with Gasteiger partial charge in [0.05, 0.1) is 12.7 Å². The fourth-order valence-electron chi connectivity index (χ4n) is 5.22. The van der Waals surface area contributed by atoms with Crippen molar-refractivity contribution in [3.63, 3.8) is 0 Å². The standard InChI is InChI=1S/C30H38N2O3/c1-21(2)22-11-13-24(14-12-22)29(33)31-17-7-8-18-32-20-27(23-9-5-4-6-10-23)26-16-15-25(19-28(26)32)30(34)35-3/h11-16,19-21,23H,4-10,17-18H2,1-3H3,(H,31,33). The van der Waals surface area contributed by atoms with Crippen LogP contribution in [-0.2, 0) is 11.3 Å². The Hall–Kier alpha value is -3.08. The molecule has 5 nitrogen and oxygen atoms in total. The van der Waals surface area contributed by atoms with Crippen molar-refractivity contribution in [1.29, 1.82) is 0 Å². The van der Waals surface area contributed by atoms with Crippen LogP contribution < -0.4 is 5.32 Å². The summed E-state index contributed by atoms with van der Waals surface area (Å²) in [6, 6.07) is 13.8. The summed E-state index contributed by atoms with van der Waals surface area (Å²) in [6.45, 7) is 5.80. The summed E-state index contributed by atoms with van der Waals surface area (Å²) in [5, 5.41) is 4.30. The molecule has 186 valence electrons. The van der Waals surface area contributed by atoms with Crippen molar-refractivity contribution >= 4 is 22.8 Å². The number of fused-ring (bicyclic) bond motifs is 1. The Kier molecular flexibility index (Phi) is 8.27. The third kappa shape index (κ3) is 5.95. The van der Waals surface area contributed by atoms with Gasteiger partial charge in [-0.25, -0.2) is 4.79 Å². The van der Waals surface area contributed by atoms with Crippen molar-refractivity contribution in [2.75, 3.05) is 13.7 Å². The third-order valence-corrected chi connectivity index (χ3v) is 7.33. The van der Waals surface area contributed by atoms with Gasteiger partial charge in [-0.1, -0.05) is 51.3 Å². The van der Waals surface area contributed by atoms with Gasteiger partial charge >= 0.3 is 5.97 Å². The fraction of sp³-hybridized carbons (Fsp3) is 0.467. The molecule has 1 saturated carbocycles. The molecule has 1 aliphatic carbocycles. The van der Waals surface area contributed by atoms with Crippen molar-refractivity contribution in [3.8, 4) is 0 Å². The number of ether oxygens (including phenoxy) is 1. The maximum absolute atomic E-state index is 12.5. The Morgan fingerprint density at radius 1 is 1.00 bits per heavy atom. The van der Waals surface area contributed by atoms with E-state index in [1.165, 1.54) is 55.7 Å². The van der Waals surface area contributed by atoms with Crippen LogP contribution in [0.1, 0.15) is 102 Å². The predicted octanol–water partition coefficient (Wildman–Crippen LogP) is 6.81. The summed E-state index contributed by atoms with van der Waals surface area (Å²) in [6.07, 6.45) is 10.5. The van der Waals surface area contributed by atoms with Crippen molar-refractivity contribution in [3.05, 3.63) is 70.9 Å². The Labute approximate surface area is 208 Å². The summed E-state index contributed by atoms with van der Waals surface area (Å²) in [5.74, 6) is 0.731. The minimum absolute atomic E-state index is 0.0194. The number of rotatable bonds is 9. The predicted molar refractivity (Wildman–Crippen MR) is 141 cm³/mol. The Balaban J connectivity index is 1.39. The lowest BCUT2D eigenvalue weighted by atomic mass is 9.84. The highest BCUT2D eigenvalue weighted by atomic mass is 16.5. The second kappa shape index (κ2) is 11.6. The zero-order valence-corrected chi connectivity index (χ0v) is 21.3. The number of hydrogen-bond donors (Lipinski definition) is 1. The zero-order valence-electron chi connectivity index (χ0n) is 21.3. The van der Waals surface area contributed by atoms with Crippen LogP contribution in [0.15, 0.2) is 48.7 Å². The number of benzene rings is 2. The number of carbonyl (C=O) groups is 2. The topological polar surface area (TPSA) is 60.3 Å². The lowest BCUT2D eigenvalue weighted by Crippen LogP contribution is -2.24. The van der Waals surface area contributed by atoms with E-state index >= 15 is 0 Å². The molecule has 0 saturated heterocycles. The number of nitrogens with one attached hydrogen (secondary N) is 1. The van der Waals surface area contributed by atoms with Crippen LogP contribution in [0.3, 0.4) is 0 Å². The molecular formula is C30H38N2O3. The summed E-state index contributed by atoms with van der Waals surface area (Å²) >= 11 is 0. The normalized spacial score (nSPS) is 14.4. The van der Waals surface area contributed by atoms with Crippen LogP contribution >= 0.6 is 0 Å². The smallest absolute Gasteiger partial charge is 0.337 e. The van der Waals surface area contributed by atoms with Crippen LogP contribution in [-0.4, -0.2) is 30.1 Å². The molecule has 0 aliphatic heterocycles. The molecule has 0 bridgehead atoms. The summed E-state index contributed by atoms with van der Waals surface area (Å²) in [7, 11) is 1.42. The Morgan fingerprint density at radius 3 is 2.40 bits per heavy atom. The van der Waals surface area contributed by atoms with Gasteiger partial charge in [0.25, 0.3) is 5.91 Å². The van der Waals surface area contributed by atoms with E-state index in [-0.39, 0.29) is 11.9 Å². The molecule has 1 aromatic heterocycles. The molecule has 1 heterocycles. The van der Waals surface area contributed by atoms with Crippen LogP contribution in [0.5, 0.6) is 0 Å². The number of aromatic nitrogens is 1. The van der Waals surface area contributed by atoms with Gasteiger partial charge < -0.3 is 14.6 Å². The lowest BCUT2D eigenvalue weighted by molar-refractivity contribution is 0.0600. The van der Waals surface area contributed by atoms with E-state index in [1.807, 2.05) is 36.4 Å². The Morgan fingerprint density at radius 2 is 1.71 bits per heavy atom. The molecule has 0 atom stereocenters. The summed E-state index contributed by atoms with van der Waals surface area (Å²) in [4.78, 5) is 24.6. The van der Waals surface area contributed by atoms with Gasteiger partial charge in [0, 0.05) is 35.8 Å². The molecular weight excluding hydrogens is 436 g/mol. The molecule has 0 spiro atoms. The van der Waals surface area contributed by atoms with Crippen molar-refractivity contribution in [2.24, 2.45) is 0 Å². The fourth-order valence-corrected chi connectivity index (χ4v) is 5.22. The molecule has 1 amide bonds. The molecule has 1 aliphatic rings.